The molecule has 0 aliphatic rings. The second kappa shape index (κ2) is 5.42. The number of nitrogens with zero attached hydrogens (tertiary/aromatic N) is 1. The molecule has 5 heteroatoms. The van der Waals surface area contributed by atoms with E-state index in [9.17, 15) is 4.79 Å². The lowest BCUT2D eigenvalue weighted by atomic mass is 9.92. The Balaban J connectivity index is 4.31. The van der Waals surface area contributed by atoms with Crippen LogP contribution in [0.5, 0.6) is 0 Å². The van der Waals surface area contributed by atoms with Crippen molar-refractivity contribution < 1.29 is 4.79 Å². The fourth-order valence-electron chi connectivity index (χ4n) is 1.11. The van der Waals surface area contributed by atoms with Gasteiger partial charge < -0.3 is 16.0 Å². The van der Waals surface area contributed by atoms with Crippen molar-refractivity contribution in [1.82, 2.24) is 10.2 Å². The Hall–Kier alpha value is -0.680. The number of thiocarbonyl (C=S) groups is 1. The minimum atomic E-state index is -0.782. The number of rotatable bonds is 5. The van der Waals surface area contributed by atoms with Gasteiger partial charge in [-0.2, -0.15) is 0 Å². The van der Waals surface area contributed by atoms with Crippen molar-refractivity contribution in [1.29, 1.82) is 0 Å². The number of carbonyl (C=O) groups is 1. The minimum absolute atomic E-state index is 0.0844. The van der Waals surface area contributed by atoms with E-state index in [0.717, 1.165) is 6.54 Å². The first-order valence-electron chi connectivity index (χ1n) is 4.93. The first kappa shape index (κ1) is 14.3. The topological polar surface area (TPSA) is 58.4 Å². The molecular weight excluding hydrogens is 210 g/mol. The van der Waals surface area contributed by atoms with Crippen molar-refractivity contribution in [2.24, 2.45) is 11.1 Å². The van der Waals surface area contributed by atoms with Crippen LogP contribution in [0.1, 0.15) is 20.8 Å². The molecule has 0 bridgehead atoms. The monoisotopic (exact) mass is 231 g/mol. The fraction of sp³-hybridized carbons (Fsp3) is 0.800. The van der Waals surface area contributed by atoms with Crippen molar-refractivity contribution in [3.05, 3.63) is 0 Å². The lowest BCUT2D eigenvalue weighted by Gasteiger charge is -2.26. The molecule has 0 saturated carbocycles. The largest absolute Gasteiger partial charge is 0.392 e. The molecule has 0 aromatic rings. The van der Waals surface area contributed by atoms with E-state index in [0.29, 0.717) is 0 Å². The van der Waals surface area contributed by atoms with Gasteiger partial charge in [0.15, 0.2) is 0 Å². The Morgan fingerprint density at radius 3 is 2.33 bits per heavy atom. The van der Waals surface area contributed by atoms with Crippen LogP contribution in [0.3, 0.4) is 0 Å². The SMILES string of the molecule is CC(CN(C)C)NC(=O)C(C)(C)C(N)=S. The van der Waals surface area contributed by atoms with Gasteiger partial charge in [0.05, 0.1) is 10.4 Å². The Morgan fingerprint density at radius 1 is 1.53 bits per heavy atom. The van der Waals surface area contributed by atoms with E-state index in [1.54, 1.807) is 13.8 Å². The molecule has 0 radical (unpaired) electrons. The van der Waals surface area contributed by atoms with E-state index < -0.39 is 5.41 Å². The minimum Gasteiger partial charge on any atom is -0.392 e. The normalized spacial score (nSPS) is 13.7. The number of nitrogens with one attached hydrogen (secondary N) is 1. The Morgan fingerprint density at radius 2 is 2.00 bits per heavy atom. The Kier molecular flexibility index (Phi) is 5.17. The standard InChI is InChI=1S/C10H21N3OS/c1-7(6-13(4)5)12-9(14)10(2,3)8(11)15/h7H,6H2,1-5H3,(H2,11,15)(H,12,14). The molecule has 0 rings (SSSR count). The van der Waals surface area contributed by atoms with Crippen molar-refractivity contribution in [3.63, 3.8) is 0 Å². The molecule has 0 aliphatic heterocycles. The zero-order chi connectivity index (χ0) is 12.2. The predicted molar refractivity (Wildman–Crippen MR) is 66.7 cm³/mol. The molecule has 3 N–H and O–H groups in total. The van der Waals surface area contributed by atoms with Crippen molar-refractivity contribution in [2.75, 3.05) is 20.6 Å². The summed E-state index contributed by atoms with van der Waals surface area (Å²) in [5.41, 5.74) is 4.73. The molecule has 0 aromatic carbocycles. The van der Waals surface area contributed by atoms with Crippen LogP contribution in [0, 0.1) is 5.41 Å². The van der Waals surface area contributed by atoms with Crippen LogP contribution < -0.4 is 11.1 Å². The number of nitrogens with two attached hydrogens (primary N) is 1. The fourth-order valence-corrected chi connectivity index (χ4v) is 1.20. The summed E-state index contributed by atoms with van der Waals surface area (Å²) in [5.74, 6) is -0.121. The van der Waals surface area contributed by atoms with Crippen LogP contribution in [-0.4, -0.2) is 42.5 Å². The second-order valence-electron chi connectivity index (χ2n) is 4.63. The van der Waals surface area contributed by atoms with Gasteiger partial charge in [0.2, 0.25) is 5.91 Å². The van der Waals surface area contributed by atoms with Gasteiger partial charge in [-0.05, 0) is 34.9 Å². The number of hydrogen-bond donors (Lipinski definition) is 2. The van der Waals surface area contributed by atoms with Crippen LogP contribution in [0.25, 0.3) is 0 Å². The average Bonchev–Trinajstić information content (AvgIpc) is 2.01. The van der Waals surface area contributed by atoms with Crippen LogP contribution in [-0.2, 0) is 4.79 Å². The van der Waals surface area contributed by atoms with Crippen LogP contribution in [0.2, 0.25) is 0 Å². The molecule has 1 unspecified atom stereocenters. The van der Waals surface area contributed by atoms with E-state index in [4.69, 9.17) is 18.0 Å². The smallest absolute Gasteiger partial charge is 0.232 e. The molecule has 1 amide bonds. The number of amides is 1. The van der Waals surface area contributed by atoms with Gasteiger partial charge >= 0.3 is 0 Å². The van der Waals surface area contributed by atoms with Gasteiger partial charge in [0.1, 0.15) is 0 Å². The summed E-state index contributed by atoms with van der Waals surface area (Å²) in [6, 6.07) is 0.0844. The molecule has 0 fully saturated rings. The van der Waals surface area contributed by atoms with Crippen LogP contribution >= 0.6 is 12.2 Å². The molecule has 0 spiro atoms. The third-order valence-electron chi connectivity index (χ3n) is 2.20. The van der Waals surface area contributed by atoms with E-state index in [-0.39, 0.29) is 16.9 Å². The summed E-state index contributed by atoms with van der Waals surface area (Å²) in [6.07, 6.45) is 0. The lowest BCUT2D eigenvalue weighted by molar-refractivity contribution is -0.126. The zero-order valence-corrected chi connectivity index (χ0v) is 10.9. The van der Waals surface area contributed by atoms with Crippen LogP contribution in [0.15, 0.2) is 0 Å². The van der Waals surface area contributed by atoms with E-state index in [1.165, 1.54) is 0 Å². The molecule has 88 valence electrons. The van der Waals surface area contributed by atoms with Crippen molar-refractivity contribution >= 4 is 23.1 Å². The lowest BCUT2D eigenvalue weighted by Crippen LogP contribution is -2.49. The molecular formula is C10H21N3OS. The number of hydrogen-bond acceptors (Lipinski definition) is 3. The summed E-state index contributed by atoms with van der Waals surface area (Å²) < 4.78 is 0. The van der Waals surface area contributed by atoms with Gasteiger partial charge in [-0.3, -0.25) is 4.79 Å². The molecule has 0 aromatic heterocycles. The van der Waals surface area contributed by atoms with Crippen molar-refractivity contribution in [3.8, 4) is 0 Å². The highest BCUT2D eigenvalue weighted by atomic mass is 32.1. The summed E-state index contributed by atoms with van der Waals surface area (Å²) in [5, 5.41) is 2.88. The second-order valence-corrected chi connectivity index (χ2v) is 5.07. The number of carbonyl (C=O) groups excluding carboxylic acids is 1. The predicted octanol–water partition coefficient (Wildman–Crippen LogP) is 0.365. The highest BCUT2D eigenvalue weighted by molar-refractivity contribution is 7.80. The maximum atomic E-state index is 11.8. The Bertz CT molecular complexity index is 251. The van der Waals surface area contributed by atoms with E-state index in [2.05, 4.69) is 5.32 Å². The summed E-state index contributed by atoms with van der Waals surface area (Å²) in [6.45, 7) is 6.20. The van der Waals surface area contributed by atoms with Gasteiger partial charge in [0.25, 0.3) is 0 Å². The highest BCUT2D eigenvalue weighted by Crippen LogP contribution is 2.15. The van der Waals surface area contributed by atoms with E-state index in [1.807, 2.05) is 25.9 Å². The zero-order valence-electron chi connectivity index (χ0n) is 10.1. The van der Waals surface area contributed by atoms with Gasteiger partial charge in [0, 0.05) is 12.6 Å². The van der Waals surface area contributed by atoms with Gasteiger partial charge in [-0.25, -0.2) is 0 Å². The van der Waals surface area contributed by atoms with Gasteiger partial charge in [-0.15, -0.1) is 0 Å². The first-order valence-corrected chi connectivity index (χ1v) is 5.34. The molecule has 0 aliphatic carbocycles. The van der Waals surface area contributed by atoms with Crippen molar-refractivity contribution in [2.45, 2.75) is 26.8 Å². The van der Waals surface area contributed by atoms with E-state index >= 15 is 0 Å². The summed E-state index contributed by atoms with van der Waals surface area (Å²) in [4.78, 5) is 14.0. The third kappa shape index (κ3) is 4.57. The quantitative estimate of drug-likeness (QED) is 0.671. The molecule has 0 saturated heterocycles. The maximum absolute atomic E-state index is 11.8. The van der Waals surface area contributed by atoms with Crippen LogP contribution in [0.4, 0.5) is 0 Å². The highest BCUT2D eigenvalue weighted by Gasteiger charge is 2.31. The summed E-state index contributed by atoms with van der Waals surface area (Å²) >= 11 is 4.86. The average molecular weight is 231 g/mol. The first-order chi connectivity index (χ1) is 6.67. The Labute approximate surface area is 97.2 Å². The molecule has 4 nitrogen and oxygen atoms in total. The van der Waals surface area contributed by atoms with Gasteiger partial charge in [-0.1, -0.05) is 12.2 Å². The third-order valence-corrected chi connectivity index (χ3v) is 2.71. The maximum Gasteiger partial charge on any atom is 0.232 e. The molecule has 1 atom stereocenters. The number of likely N-dealkylation sites (N-methyl/N-ethyl adjacent to an activating group) is 1. The molecule has 0 heterocycles. The summed E-state index contributed by atoms with van der Waals surface area (Å²) in [7, 11) is 3.92. The molecule has 15 heavy (non-hydrogen) atoms.